The zero-order valence-electron chi connectivity index (χ0n) is 16.0. The molecule has 2 aromatic rings. The van der Waals surface area contributed by atoms with Crippen molar-refractivity contribution in [2.75, 3.05) is 13.7 Å². The molecule has 1 aromatic heterocycles. The molecule has 154 valence electrons. The van der Waals surface area contributed by atoms with Crippen LogP contribution in [-0.4, -0.2) is 28.5 Å². The second kappa shape index (κ2) is 5.90. The molecule has 2 N–H and O–H groups in total. The Labute approximate surface area is 164 Å². The maximum absolute atomic E-state index is 13.4. The van der Waals surface area contributed by atoms with Gasteiger partial charge in [-0.3, -0.25) is 4.57 Å². The fourth-order valence-electron chi connectivity index (χ4n) is 4.85. The van der Waals surface area contributed by atoms with E-state index in [9.17, 15) is 23.4 Å². The molecule has 0 aliphatic carbocycles. The van der Waals surface area contributed by atoms with E-state index in [1.54, 1.807) is 21.0 Å². The number of alkyl halides is 3. The van der Waals surface area contributed by atoms with Gasteiger partial charge in [0.1, 0.15) is 5.60 Å². The Hall–Kier alpha value is -2.70. The normalized spacial score (nSPS) is 27.8. The lowest BCUT2D eigenvalue weighted by Gasteiger charge is -2.29. The van der Waals surface area contributed by atoms with Crippen molar-refractivity contribution in [3.8, 4) is 23.5 Å². The highest BCUT2D eigenvalue weighted by atomic mass is 19.4. The maximum atomic E-state index is 13.4. The Kier molecular flexibility index (Phi) is 3.99. The van der Waals surface area contributed by atoms with Crippen LogP contribution in [0.1, 0.15) is 42.5 Å². The van der Waals surface area contributed by atoms with Gasteiger partial charge in [-0.25, -0.2) is 0 Å². The number of methoxy groups -OCH3 is 1. The summed E-state index contributed by atoms with van der Waals surface area (Å²) in [5.74, 6) is -0.863. The predicted molar refractivity (Wildman–Crippen MR) is 94.6 cm³/mol. The third-order valence-corrected chi connectivity index (χ3v) is 6.05. The molecule has 29 heavy (non-hydrogen) atoms. The molecular weight excluding hydrogens is 389 g/mol. The molecule has 0 saturated carbocycles. The van der Waals surface area contributed by atoms with Gasteiger partial charge in [0.15, 0.2) is 0 Å². The van der Waals surface area contributed by atoms with Crippen LogP contribution >= 0.6 is 0 Å². The number of ether oxygens (including phenoxy) is 2. The minimum absolute atomic E-state index is 0.0992. The average molecular weight is 408 g/mol. The van der Waals surface area contributed by atoms with Gasteiger partial charge in [0.25, 0.3) is 0 Å². The van der Waals surface area contributed by atoms with Crippen molar-refractivity contribution >= 4 is 0 Å². The SMILES string of the molecule is COC[C@@H]1CC2(C)OC1(C)c1c2c(O)n(-c2ccc(C#N)c(C(F)(F)F)c2)c1O. The highest BCUT2D eigenvalue weighted by Crippen LogP contribution is 2.66. The molecule has 0 amide bonds. The first kappa shape index (κ1) is 19.6. The second-order valence-electron chi connectivity index (χ2n) is 7.87. The van der Waals surface area contributed by atoms with Gasteiger partial charge in [-0.05, 0) is 38.5 Å². The van der Waals surface area contributed by atoms with E-state index < -0.39 is 28.5 Å². The minimum Gasteiger partial charge on any atom is -0.494 e. The first-order chi connectivity index (χ1) is 13.5. The van der Waals surface area contributed by atoms with Crippen molar-refractivity contribution < 1.29 is 32.9 Å². The number of nitrogens with zero attached hydrogens (tertiary/aromatic N) is 2. The van der Waals surface area contributed by atoms with Crippen LogP contribution in [0.15, 0.2) is 18.2 Å². The van der Waals surface area contributed by atoms with E-state index in [0.29, 0.717) is 24.2 Å². The number of aromatic nitrogens is 1. The molecule has 0 radical (unpaired) electrons. The van der Waals surface area contributed by atoms with E-state index >= 15 is 0 Å². The first-order valence-electron chi connectivity index (χ1n) is 8.96. The lowest BCUT2D eigenvalue weighted by molar-refractivity contribution is -0.137. The fourth-order valence-corrected chi connectivity index (χ4v) is 4.85. The van der Waals surface area contributed by atoms with Crippen molar-refractivity contribution in [2.24, 2.45) is 5.92 Å². The van der Waals surface area contributed by atoms with Crippen LogP contribution in [0.5, 0.6) is 11.8 Å². The molecule has 9 heteroatoms. The number of fused-ring (bicyclic) bond motifs is 5. The summed E-state index contributed by atoms with van der Waals surface area (Å²) in [6.07, 6.45) is -4.23. The summed E-state index contributed by atoms with van der Waals surface area (Å²) in [7, 11) is 1.55. The maximum Gasteiger partial charge on any atom is 0.417 e. The zero-order valence-corrected chi connectivity index (χ0v) is 16.0. The standard InChI is InChI=1S/C20H19F3N2O4/c1-18-7-11(9-28-3)19(2,29-18)15-14(18)16(26)25(17(15)27)12-5-4-10(8-24)13(6-12)20(21,22)23/h4-6,11,26-27H,7,9H2,1-3H3/t11-,18?,19?/m0/s1. The summed E-state index contributed by atoms with van der Waals surface area (Å²) in [6.45, 7) is 3.92. The van der Waals surface area contributed by atoms with Gasteiger partial charge < -0.3 is 19.7 Å². The van der Waals surface area contributed by atoms with E-state index in [4.69, 9.17) is 14.7 Å². The molecule has 6 nitrogen and oxygen atoms in total. The van der Waals surface area contributed by atoms with Crippen molar-refractivity contribution in [1.82, 2.24) is 4.57 Å². The molecule has 3 heterocycles. The van der Waals surface area contributed by atoms with E-state index in [-0.39, 0.29) is 23.4 Å². The van der Waals surface area contributed by atoms with Crippen molar-refractivity contribution in [3.63, 3.8) is 0 Å². The van der Waals surface area contributed by atoms with Crippen molar-refractivity contribution in [1.29, 1.82) is 5.26 Å². The topological polar surface area (TPSA) is 87.6 Å². The Balaban J connectivity index is 1.93. The minimum atomic E-state index is -4.76. The van der Waals surface area contributed by atoms with Crippen LogP contribution in [0.3, 0.4) is 0 Å². The number of halogens is 3. The van der Waals surface area contributed by atoms with Crippen LogP contribution in [0.2, 0.25) is 0 Å². The van der Waals surface area contributed by atoms with Crippen molar-refractivity contribution in [3.05, 3.63) is 40.5 Å². The predicted octanol–water partition coefficient (Wildman–Crippen LogP) is 3.91. The highest BCUT2D eigenvalue weighted by Gasteiger charge is 2.64. The number of nitriles is 1. The van der Waals surface area contributed by atoms with Gasteiger partial charge in [-0.2, -0.15) is 18.4 Å². The summed E-state index contributed by atoms with van der Waals surface area (Å²) < 4.78 is 52.5. The molecular formula is C20H19F3N2O4. The van der Waals surface area contributed by atoms with E-state index in [0.717, 1.165) is 16.7 Å². The summed E-state index contributed by atoms with van der Waals surface area (Å²) in [5.41, 5.74) is -2.92. The van der Waals surface area contributed by atoms with Gasteiger partial charge in [-0.15, -0.1) is 0 Å². The molecule has 2 aliphatic rings. The summed E-state index contributed by atoms with van der Waals surface area (Å²) >= 11 is 0. The summed E-state index contributed by atoms with van der Waals surface area (Å²) in [4.78, 5) is 0. The van der Waals surface area contributed by atoms with Crippen LogP contribution < -0.4 is 0 Å². The van der Waals surface area contributed by atoms with Crippen LogP contribution in [0.4, 0.5) is 13.2 Å². The van der Waals surface area contributed by atoms with Gasteiger partial charge in [0.2, 0.25) is 11.8 Å². The first-order valence-corrected chi connectivity index (χ1v) is 8.96. The van der Waals surface area contributed by atoms with Gasteiger partial charge in [-0.1, -0.05) is 0 Å². The quantitative estimate of drug-likeness (QED) is 0.804. The molecule has 2 unspecified atom stereocenters. The number of aromatic hydroxyl groups is 2. The van der Waals surface area contributed by atoms with Gasteiger partial charge in [0.05, 0.1) is 46.2 Å². The monoisotopic (exact) mass is 408 g/mol. The van der Waals surface area contributed by atoms with Crippen LogP contribution in [0, 0.1) is 17.2 Å². The highest BCUT2D eigenvalue weighted by molar-refractivity contribution is 5.62. The number of rotatable bonds is 3. The third kappa shape index (κ3) is 2.49. The van der Waals surface area contributed by atoms with E-state index in [1.807, 2.05) is 0 Å². The smallest absolute Gasteiger partial charge is 0.417 e. The Morgan fingerprint density at radius 3 is 2.52 bits per heavy atom. The van der Waals surface area contributed by atoms with E-state index in [2.05, 4.69) is 0 Å². The molecule has 1 fully saturated rings. The van der Waals surface area contributed by atoms with Crippen LogP contribution in [0.25, 0.3) is 5.69 Å². The van der Waals surface area contributed by atoms with Gasteiger partial charge in [0, 0.05) is 13.0 Å². The van der Waals surface area contributed by atoms with Crippen molar-refractivity contribution in [2.45, 2.75) is 37.6 Å². The Morgan fingerprint density at radius 2 is 1.93 bits per heavy atom. The fraction of sp³-hybridized carbons (Fsp3) is 0.450. The third-order valence-electron chi connectivity index (χ3n) is 6.05. The Morgan fingerprint density at radius 1 is 1.28 bits per heavy atom. The summed E-state index contributed by atoms with van der Waals surface area (Å²) in [6, 6.07) is 4.53. The molecule has 1 saturated heterocycles. The number of hydrogen-bond acceptors (Lipinski definition) is 5. The largest absolute Gasteiger partial charge is 0.494 e. The molecule has 3 atom stereocenters. The van der Waals surface area contributed by atoms with E-state index in [1.165, 1.54) is 12.1 Å². The number of benzene rings is 1. The summed E-state index contributed by atoms with van der Waals surface area (Å²) in [5, 5.41) is 30.8. The molecule has 4 rings (SSSR count). The lowest BCUT2D eigenvalue weighted by Crippen LogP contribution is -2.31. The zero-order chi connectivity index (χ0) is 21.4. The molecule has 2 bridgehead atoms. The molecule has 2 aliphatic heterocycles. The molecule has 0 spiro atoms. The number of hydrogen-bond donors (Lipinski definition) is 2. The van der Waals surface area contributed by atoms with Crippen LogP contribution in [-0.2, 0) is 26.9 Å². The van der Waals surface area contributed by atoms with Gasteiger partial charge >= 0.3 is 6.18 Å². The lowest BCUT2D eigenvalue weighted by atomic mass is 9.73. The second-order valence-corrected chi connectivity index (χ2v) is 7.87. The Bertz CT molecular complexity index is 1060. The average Bonchev–Trinajstić information content (AvgIpc) is 3.15. The molecule has 1 aromatic carbocycles.